The van der Waals surface area contributed by atoms with Crippen LogP contribution < -0.4 is 5.56 Å². The summed E-state index contributed by atoms with van der Waals surface area (Å²) < 4.78 is 5.14. The van der Waals surface area contributed by atoms with Crippen LogP contribution in [0.4, 0.5) is 0 Å². The number of morpholine rings is 1. The van der Waals surface area contributed by atoms with E-state index in [9.17, 15) is 9.59 Å². The highest BCUT2D eigenvalue weighted by Gasteiger charge is 2.18. The number of rotatable bonds is 1. The van der Waals surface area contributed by atoms with E-state index in [1.807, 2.05) is 0 Å². The van der Waals surface area contributed by atoms with Crippen molar-refractivity contribution in [3.8, 4) is 0 Å². The number of aromatic nitrogens is 1. The number of amides is 1. The lowest BCUT2D eigenvalue weighted by Gasteiger charge is -2.26. The van der Waals surface area contributed by atoms with Gasteiger partial charge < -0.3 is 14.6 Å². The van der Waals surface area contributed by atoms with Crippen LogP contribution >= 0.6 is 0 Å². The first-order valence-electron chi connectivity index (χ1n) is 4.84. The van der Waals surface area contributed by atoms with Gasteiger partial charge in [0.05, 0.1) is 13.2 Å². The van der Waals surface area contributed by atoms with Gasteiger partial charge in [-0.2, -0.15) is 0 Å². The van der Waals surface area contributed by atoms with Gasteiger partial charge in [0, 0.05) is 19.2 Å². The van der Waals surface area contributed by atoms with Crippen molar-refractivity contribution in [2.75, 3.05) is 26.3 Å². The van der Waals surface area contributed by atoms with Crippen LogP contribution in [0.25, 0.3) is 0 Å². The van der Waals surface area contributed by atoms with Gasteiger partial charge in [0.2, 0.25) is 5.56 Å². The van der Waals surface area contributed by atoms with Crippen molar-refractivity contribution in [2.45, 2.75) is 0 Å². The Hall–Kier alpha value is -1.62. The minimum Gasteiger partial charge on any atom is -0.378 e. The van der Waals surface area contributed by atoms with Gasteiger partial charge in [-0.05, 0) is 6.07 Å². The van der Waals surface area contributed by atoms with Gasteiger partial charge in [0.25, 0.3) is 5.91 Å². The topological polar surface area (TPSA) is 62.4 Å². The highest BCUT2D eigenvalue weighted by Crippen LogP contribution is 2.03. The van der Waals surface area contributed by atoms with Crippen molar-refractivity contribution in [1.29, 1.82) is 0 Å². The first kappa shape index (κ1) is 9.92. The van der Waals surface area contributed by atoms with Crippen molar-refractivity contribution in [3.05, 3.63) is 34.2 Å². The molecule has 0 saturated carbocycles. The van der Waals surface area contributed by atoms with E-state index in [0.717, 1.165) is 0 Å². The molecule has 1 amide bonds. The predicted molar refractivity (Wildman–Crippen MR) is 53.8 cm³/mol. The normalized spacial score (nSPS) is 16.4. The molecule has 2 heterocycles. The minimum atomic E-state index is -0.255. The van der Waals surface area contributed by atoms with Crippen LogP contribution in [0.5, 0.6) is 0 Å². The van der Waals surface area contributed by atoms with Gasteiger partial charge >= 0.3 is 0 Å². The first-order valence-corrected chi connectivity index (χ1v) is 4.84. The summed E-state index contributed by atoms with van der Waals surface area (Å²) >= 11 is 0. The largest absolute Gasteiger partial charge is 0.378 e. The lowest BCUT2D eigenvalue weighted by atomic mass is 10.3. The molecule has 0 aliphatic carbocycles. The molecule has 0 radical (unpaired) electrons. The molecule has 1 fully saturated rings. The summed E-state index contributed by atoms with van der Waals surface area (Å²) in [6.07, 6.45) is 0. The quantitative estimate of drug-likeness (QED) is 0.698. The maximum Gasteiger partial charge on any atom is 0.270 e. The Morgan fingerprint density at radius 3 is 2.73 bits per heavy atom. The number of carbonyl (C=O) groups is 1. The molecule has 2 rings (SSSR count). The first-order chi connectivity index (χ1) is 7.27. The molecular weight excluding hydrogens is 196 g/mol. The van der Waals surface area contributed by atoms with Gasteiger partial charge in [0.15, 0.2) is 0 Å². The fourth-order valence-electron chi connectivity index (χ4n) is 1.51. The molecule has 1 aliphatic rings. The van der Waals surface area contributed by atoms with E-state index in [2.05, 4.69) is 4.98 Å². The lowest BCUT2D eigenvalue weighted by Crippen LogP contribution is -2.41. The number of H-pyrrole nitrogens is 1. The number of nitrogens with one attached hydrogen (secondary N) is 1. The number of hydrogen-bond acceptors (Lipinski definition) is 3. The Balaban J connectivity index is 2.16. The van der Waals surface area contributed by atoms with Crippen molar-refractivity contribution in [3.63, 3.8) is 0 Å². The third-order valence-electron chi connectivity index (χ3n) is 2.30. The molecule has 0 unspecified atom stereocenters. The molecule has 0 aromatic carbocycles. The number of ether oxygens (including phenoxy) is 1. The molecule has 80 valence electrons. The second kappa shape index (κ2) is 4.27. The van der Waals surface area contributed by atoms with Crippen LogP contribution in [0.15, 0.2) is 23.0 Å². The maximum absolute atomic E-state index is 11.9. The average Bonchev–Trinajstić information content (AvgIpc) is 2.29. The third-order valence-corrected chi connectivity index (χ3v) is 2.30. The summed E-state index contributed by atoms with van der Waals surface area (Å²) in [6.45, 7) is 2.27. The maximum atomic E-state index is 11.9. The van der Waals surface area contributed by atoms with E-state index in [-0.39, 0.29) is 11.5 Å². The van der Waals surface area contributed by atoms with Gasteiger partial charge in [0.1, 0.15) is 5.69 Å². The minimum absolute atomic E-state index is 0.143. The van der Waals surface area contributed by atoms with Crippen LogP contribution in [-0.4, -0.2) is 42.1 Å². The van der Waals surface area contributed by atoms with Gasteiger partial charge in [-0.25, -0.2) is 0 Å². The Morgan fingerprint density at radius 2 is 2.07 bits per heavy atom. The molecular formula is C10H12N2O3. The number of hydrogen-bond donors (Lipinski definition) is 1. The summed E-state index contributed by atoms with van der Waals surface area (Å²) in [5.41, 5.74) is 0.0820. The van der Waals surface area contributed by atoms with Gasteiger partial charge in [-0.3, -0.25) is 9.59 Å². The molecule has 0 bridgehead atoms. The molecule has 5 nitrogen and oxygen atoms in total. The van der Waals surface area contributed by atoms with Gasteiger partial charge in [-0.15, -0.1) is 0 Å². The summed E-state index contributed by atoms with van der Waals surface area (Å²) in [5.74, 6) is -0.143. The zero-order valence-corrected chi connectivity index (χ0v) is 8.23. The van der Waals surface area contributed by atoms with Gasteiger partial charge in [-0.1, -0.05) is 6.07 Å². The Kier molecular flexibility index (Phi) is 2.82. The fraction of sp³-hybridized carbons (Fsp3) is 0.400. The zero-order chi connectivity index (χ0) is 10.7. The standard InChI is InChI=1S/C10H12N2O3/c13-9-3-1-2-8(11-9)10(14)12-4-6-15-7-5-12/h1-3H,4-7H2,(H,11,13). The number of aromatic amines is 1. The highest BCUT2D eigenvalue weighted by atomic mass is 16.5. The van der Waals surface area contributed by atoms with Crippen molar-refractivity contribution >= 4 is 5.91 Å². The molecule has 1 saturated heterocycles. The monoisotopic (exact) mass is 208 g/mol. The Bertz CT molecular complexity index is 407. The highest BCUT2D eigenvalue weighted by molar-refractivity contribution is 5.92. The van der Waals surface area contributed by atoms with Crippen LogP contribution in [0.2, 0.25) is 0 Å². The van der Waals surface area contributed by atoms with Crippen molar-refractivity contribution in [2.24, 2.45) is 0 Å². The summed E-state index contributed by atoms with van der Waals surface area (Å²) in [5, 5.41) is 0. The predicted octanol–water partition coefficient (Wildman–Crippen LogP) is -0.153. The summed E-state index contributed by atoms with van der Waals surface area (Å²) in [6, 6.07) is 4.57. The second-order valence-electron chi connectivity index (χ2n) is 3.33. The Morgan fingerprint density at radius 1 is 1.33 bits per heavy atom. The van der Waals surface area contributed by atoms with Crippen molar-refractivity contribution in [1.82, 2.24) is 9.88 Å². The molecule has 0 spiro atoms. The molecule has 15 heavy (non-hydrogen) atoms. The average molecular weight is 208 g/mol. The second-order valence-corrected chi connectivity index (χ2v) is 3.33. The molecule has 1 N–H and O–H groups in total. The molecule has 1 aromatic heterocycles. The molecule has 1 aromatic rings. The number of pyridine rings is 1. The smallest absolute Gasteiger partial charge is 0.270 e. The summed E-state index contributed by atoms with van der Waals surface area (Å²) in [4.78, 5) is 27.1. The van der Waals surface area contributed by atoms with E-state index in [1.54, 1.807) is 17.0 Å². The van der Waals surface area contributed by atoms with E-state index in [1.165, 1.54) is 6.07 Å². The SMILES string of the molecule is O=C(c1cccc(=O)[nH]1)N1CCOCC1. The van der Waals surface area contributed by atoms with Crippen molar-refractivity contribution < 1.29 is 9.53 Å². The van der Waals surface area contributed by atoms with E-state index < -0.39 is 0 Å². The van der Waals surface area contributed by atoms with E-state index in [4.69, 9.17) is 4.74 Å². The number of nitrogens with zero attached hydrogens (tertiary/aromatic N) is 1. The van der Waals surface area contributed by atoms with E-state index >= 15 is 0 Å². The molecule has 1 aliphatic heterocycles. The van der Waals surface area contributed by atoms with Crippen LogP contribution in [-0.2, 0) is 4.74 Å². The number of carbonyl (C=O) groups excluding carboxylic acids is 1. The molecule has 5 heteroatoms. The van der Waals surface area contributed by atoms with Crippen LogP contribution in [0.1, 0.15) is 10.5 Å². The Labute approximate surface area is 86.7 Å². The third kappa shape index (κ3) is 2.24. The summed E-state index contributed by atoms with van der Waals surface area (Å²) in [7, 11) is 0. The fourth-order valence-corrected chi connectivity index (χ4v) is 1.51. The zero-order valence-electron chi connectivity index (χ0n) is 8.23. The van der Waals surface area contributed by atoms with Crippen LogP contribution in [0.3, 0.4) is 0 Å². The molecule has 0 atom stereocenters. The lowest BCUT2D eigenvalue weighted by molar-refractivity contribution is 0.0299. The van der Waals surface area contributed by atoms with E-state index in [0.29, 0.717) is 32.0 Å². The van der Waals surface area contributed by atoms with Crippen LogP contribution in [0, 0.1) is 0 Å².